The summed E-state index contributed by atoms with van der Waals surface area (Å²) in [5.41, 5.74) is 0.672. The van der Waals surface area contributed by atoms with Crippen LogP contribution in [0, 0.1) is 10.1 Å². The zero-order chi connectivity index (χ0) is 18.9. The molecule has 0 fully saturated rings. The van der Waals surface area contributed by atoms with Gasteiger partial charge in [-0.25, -0.2) is 4.68 Å². The first kappa shape index (κ1) is 19.1. The molecule has 1 aromatic heterocycles. The van der Waals surface area contributed by atoms with Gasteiger partial charge >= 0.3 is 5.97 Å². The minimum atomic E-state index is -0.794. The molecule has 1 heterocycles. The van der Waals surface area contributed by atoms with Crippen molar-refractivity contribution in [3.63, 3.8) is 0 Å². The minimum Gasteiger partial charge on any atom is -0.481 e. The number of unbranched alkanes of at least 4 members (excludes halogenated alkanes) is 3. The third kappa shape index (κ3) is 5.69. The Morgan fingerprint density at radius 2 is 1.96 bits per heavy atom. The Kier molecular flexibility index (Phi) is 6.84. The summed E-state index contributed by atoms with van der Waals surface area (Å²) in [4.78, 5) is 32.8. The highest BCUT2D eigenvalue weighted by atomic mass is 16.6. The lowest BCUT2D eigenvalue weighted by atomic mass is 10.1. The van der Waals surface area contributed by atoms with Gasteiger partial charge in [-0.2, -0.15) is 5.10 Å². The van der Waals surface area contributed by atoms with Gasteiger partial charge in [0.1, 0.15) is 0 Å². The summed E-state index contributed by atoms with van der Waals surface area (Å²) in [6.07, 6.45) is 4.79. The molecule has 0 spiro atoms. The van der Waals surface area contributed by atoms with Crippen LogP contribution < -0.4 is 5.32 Å². The number of nitro groups is 1. The maximum Gasteiger partial charge on any atom is 0.303 e. The number of amides is 1. The monoisotopic (exact) mass is 360 g/mol. The first-order valence-corrected chi connectivity index (χ1v) is 8.28. The average Bonchev–Trinajstić information content (AvgIpc) is 3.11. The fourth-order valence-electron chi connectivity index (χ4n) is 2.39. The Hall–Kier alpha value is -3.23. The van der Waals surface area contributed by atoms with E-state index in [2.05, 4.69) is 10.4 Å². The van der Waals surface area contributed by atoms with Crippen molar-refractivity contribution in [3.8, 4) is 5.69 Å². The van der Waals surface area contributed by atoms with Crippen LogP contribution in [0.5, 0.6) is 0 Å². The van der Waals surface area contributed by atoms with Crippen molar-refractivity contribution in [3.05, 3.63) is 52.3 Å². The van der Waals surface area contributed by atoms with Crippen LogP contribution in [0.15, 0.2) is 36.5 Å². The van der Waals surface area contributed by atoms with Crippen molar-refractivity contribution >= 4 is 17.6 Å². The number of nitrogens with zero attached hydrogens (tertiary/aromatic N) is 3. The Morgan fingerprint density at radius 3 is 2.69 bits per heavy atom. The largest absolute Gasteiger partial charge is 0.481 e. The number of benzene rings is 1. The third-order valence-electron chi connectivity index (χ3n) is 3.73. The van der Waals surface area contributed by atoms with Crippen LogP contribution in [-0.2, 0) is 4.79 Å². The molecule has 1 aromatic carbocycles. The van der Waals surface area contributed by atoms with Crippen molar-refractivity contribution in [2.45, 2.75) is 32.1 Å². The van der Waals surface area contributed by atoms with E-state index in [1.165, 1.54) is 16.8 Å². The second-order valence-corrected chi connectivity index (χ2v) is 5.74. The van der Waals surface area contributed by atoms with E-state index in [1.807, 2.05) is 0 Å². The van der Waals surface area contributed by atoms with Gasteiger partial charge in [0.05, 0.1) is 10.6 Å². The lowest BCUT2D eigenvalue weighted by Crippen LogP contribution is -2.25. The number of carboxylic acid groups (broad SMARTS) is 1. The Balaban J connectivity index is 1.81. The zero-order valence-corrected chi connectivity index (χ0v) is 14.1. The molecule has 26 heavy (non-hydrogen) atoms. The number of nitrogens with one attached hydrogen (secondary N) is 1. The predicted molar refractivity (Wildman–Crippen MR) is 93.3 cm³/mol. The summed E-state index contributed by atoms with van der Waals surface area (Å²) in [6.45, 7) is 0.482. The number of aromatic nitrogens is 2. The van der Waals surface area contributed by atoms with Crippen LogP contribution in [0.2, 0.25) is 0 Å². The molecular weight excluding hydrogens is 340 g/mol. The lowest BCUT2D eigenvalue weighted by Gasteiger charge is -2.03. The number of rotatable bonds is 10. The van der Waals surface area contributed by atoms with Crippen LogP contribution in [0.25, 0.3) is 5.69 Å². The van der Waals surface area contributed by atoms with Crippen molar-refractivity contribution in [1.82, 2.24) is 15.1 Å². The van der Waals surface area contributed by atoms with Gasteiger partial charge in [0.25, 0.3) is 11.6 Å². The third-order valence-corrected chi connectivity index (χ3v) is 3.73. The van der Waals surface area contributed by atoms with Gasteiger partial charge in [-0.05, 0) is 25.0 Å². The molecule has 0 aliphatic heterocycles. The first-order valence-electron chi connectivity index (χ1n) is 8.28. The standard InChI is InChI=1S/C17H20N4O5/c22-16(23)8-3-1-2-4-10-18-17(24)15-9-11-20(19-15)13-6-5-7-14(12-13)21(25)26/h5-7,9,11-12H,1-4,8,10H2,(H,18,24)(H,22,23). The molecule has 0 bridgehead atoms. The van der Waals surface area contributed by atoms with Gasteiger partial charge in [-0.3, -0.25) is 19.7 Å². The summed E-state index contributed by atoms with van der Waals surface area (Å²) in [5.74, 6) is -1.11. The summed E-state index contributed by atoms with van der Waals surface area (Å²) < 4.78 is 1.41. The predicted octanol–water partition coefficient (Wildman–Crippen LogP) is 2.55. The number of non-ortho nitro benzene ring substituents is 1. The van der Waals surface area contributed by atoms with Crippen LogP contribution in [0.1, 0.15) is 42.6 Å². The highest BCUT2D eigenvalue weighted by molar-refractivity contribution is 5.92. The molecule has 1 amide bonds. The number of carbonyl (C=O) groups is 2. The van der Waals surface area contributed by atoms with E-state index < -0.39 is 10.9 Å². The first-order chi connectivity index (χ1) is 12.5. The van der Waals surface area contributed by atoms with Crippen molar-refractivity contribution in [2.75, 3.05) is 6.54 Å². The Morgan fingerprint density at radius 1 is 1.19 bits per heavy atom. The van der Waals surface area contributed by atoms with Crippen LogP contribution >= 0.6 is 0 Å². The molecule has 0 atom stereocenters. The molecule has 0 radical (unpaired) electrons. The molecule has 0 aliphatic carbocycles. The zero-order valence-electron chi connectivity index (χ0n) is 14.1. The van der Waals surface area contributed by atoms with E-state index in [-0.39, 0.29) is 23.7 Å². The van der Waals surface area contributed by atoms with Crippen molar-refractivity contribution in [1.29, 1.82) is 0 Å². The number of aliphatic carboxylic acids is 1. The van der Waals surface area contributed by atoms with Gasteiger partial charge < -0.3 is 10.4 Å². The summed E-state index contributed by atoms with van der Waals surface area (Å²) in [6, 6.07) is 7.53. The summed E-state index contributed by atoms with van der Waals surface area (Å²) in [5, 5.41) is 26.3. The molecular formula is C17H20N4O5. The molecule has 9 heteroatoms. The van der Waals surface area contributed by atoms with Gasteiger partial charge in [0.15, 0.2) is 5.69 Å². The number of carbonyl (C=O) groups excluding carboxylic acids is 1. The maximum atomic E-state index is 12.1. The number of nitro benzene ring substituents is 1. The highest BCUT2D eigenvalue weighted by Gasteiger charge is 2.11. The van der Waals surface area contributed by atoms with E-state index >= 15 is 0 Å². The number of hydrogen-bond donors (Lipinski definition) is 2. The molecule has 2 N–H and O–H groups in total. The van der Waals surface area contributed by atoms with Crippen LogP contribution in [-0.4, -0.2) is 38.2 Å². The average molecular weight is 360 g/mol. The van der Waals surface area contributed by atoms with E-state index in [0.717, 1.165) is 19.3 Å². The van der Waals surface area contributed by atoms with Crippen LogP contribution in [0.4, 0.5) is 5.69 Å². The molecule has 2 rings (SSSR count). The lowest BCUT2D eigenvalue weighted by molar-refractivity contribution is -0.384. The van der Waals surface area contributed by atoms with E-state index in [4.69, 9.17) is 5.11 Å². The number of hydrogen-bond acceptors (Lipinski definition) is 5. The quantitative estimate of drug-likeness (QED) is 0.381. The Bertz CT molecular complexity index is 787. The highest BCUT2D eigenvalue weighted by Crippen LogP contribution is 2.16. The second-order valence-electron chi connectivity index (χ2n) is 5.74. The van der Waals surface area contributed by atoms with E-state index in [1.54, 1.807) is 24.4 Å². The topological polar surface area (TPSA) is 127 Å². The molecule has 0 saturated carbocycles. The van der Waals surface area contributed by atoms with Crippen molar-refractivity contribution < 1.29 is 19.6 Å². The second kappa shape index (κ2) is 9.30. The van der Waals surface area contributed by atoms with Gasteiger partial charge in [-0.15, -0.1) is 0 Å². The van der Waals surface area contributed by atoms with E-state index in [0.29, 0.717) is 18.7 Å². The fourth-order valence-corrected chi connectivity index (χ4v) is 2.39. The number of carboxylic acids is 1. The van der Waals surface area contributed by atoms with Gasteiger partial charge in [-0.1, -0.05) is 18.9 Å². The van der Waals surface area contributed by atoms with E-state index in [9.17, 15) is 19.7 Å². The van der Waals surface area contributed by atoms with Crippen LogP contribution in [0.3, 0.4) is 0 Å². The molecule has 138 valence electrons. The normalized spacial score (nSPS) is 10.5. The summed E-state index contributed by atoms with van der Waals surface area (Å²) in [7, 11) is 0. The van der Waals surface area contributed by atoms with Gasteiger partial charge in [0, 0.05) is 31.3 Å². The Labute approximate surface area is 149 Å². The molecule has 0 aliphatic rings. The molecule has 0 unspecified atom stereocenters. The maximum absolute atomic E-state index is 12.1. The summed E-state index contributed by atoms with van der Waals surface area (Å²) >= 11 is 0. The minimum absolute atomic E-state index is 0.0492. The molecule has 9 nitrogen and oxygen atoms in total. The SMILES string of the molecule is O=C(O)CCCCCCNC(=O)c1ccn(-c2cccc([N+](=O)[O-])c2)n1. The van der Waals surface area contributed by atoms with Gasteiger partial charge in [0.2, 0.25) is 0 Å². The van der Waals surface area contributed by atoms with Crippen molar-refractivity contribution in [2.24, 2.45) is 0 Å². The molecule has 2 aromatic rings. The molecule has 0 saturated heterocycles. The fraction of sp³-hybridized carbons (Fsp3) is 0.353. The smallest absolute Gasteiger partial charge is 0.303 e.